The molecule has 3 aromatic rings. The SMILES string of the molecule is O=C1COc2cc(NC(=O)c3cccc(-c4ccc(C(=O)O)o4)c3)ccc2N1. The van der Waals surface area contributed by atoms with Gasteiger partial charge >= 0.3 is 5.97 Å². The predicted molar refractivity (Wildman–Crippen MR) is 99.6 cm³/mol. The summed E-state index contributed by atoms with van der Waals surface area (Å²) in [6, 6.07) is 14.5. The zero-order valence-corrected chi connectivity index (χ0v) is 14.4. The van der Waals surface area contributed by atoms with Gasteiger partial charge in [-0.05, 0) is 36.4 Å². The van der Waals surface area contributed by atoms with Gasteiger partial charge in [0.15, 0.2) is 6.61 Å². The van der Waals surface area contributed by atoms with Crippen LogP contribution in [-0.4, -0.2) is 29.5 Å². The summed E-state index contributed by atoms with van der Waals surface area (Å²) < 4.78 is 10.6. The first-order chi connectivity index (χ1) is 13.5. The average Bonchev–Trinajstić information content (AvgIpc) is 3.19. The summed E-state index contributed by atoms with van der Waals surface area (Å²) in [5.41, 5.74) is 2.01. The summed E-state index contributed by atoms with van der Waals surface area (Å²) >= 11 is 0. The van der Waals surface area contributed by atoms with Gasteiger partial charge in [0, 0.05) is 22.9 Å². The Morgan fingerprint density at radius 3 is 2.71 bits per heavy atom. The number of carbonyl (C=O) groups is 3. The molecule has 3 N–H and O–H groups in total. The molecule has 4 rings (SSSR count). The second kappa shape index (κ2) is 6.92. The van der Waals surface area contributed by atoms with Crippen LogP contribution in [0.1, 0.15) is 20.9 Å². The second-order valence-electron chi connectivity index (χ2n) is 6.05. The minimum atomic E-state index is -1.16. The number of carboxylic acid groups (broad SMARTS) is 1. The molecular formula is C20H14N2O6. The number of aromatic carboxylic acids is 1. The van der Waals surface area contributed by atoms with Crippen molar-refractivity contribution in [1.82, 2.24) is 0 Å². The van der Waals surface area contributed by atoms with Gasteiger partial charge in [-0.25, -0.2) is 4.79 Å². The topological polar surface area (TPSA) is 118 Å². The fraction of sp³-hybridized carbons (Fsp3) is 0.0500. The summed E-state index contributed by atoms with van der Waals surface area (Å²) in [5, 5.41) is 14.4. The fourth-order valence-electron chi connectivity index (χ4n) is 2.78. The van der Waals surface area contributed by atoms with Crippen LogP contribution in [0.4, 0.5) is 11.4 Å². The average molecular weight is 378 g/mol. The van der Waals surface area contributed by atoms with Gasteiger partial charge in [-0.3, -0.25) is 9.59 Å². The van der Waals surface area contributed by atoms with Gasteiger partial charge in [0.2, 0.25) is 5.76 Å². The summed E-state index contributed by atoms with van der Waals surface area (Å²) in [4.78, 5) is 34.9. The summed E-state index contributed by atoms with van der Waals surface area (Å²) in [6.07, 6.45) is 0. The number of rotatable bonds is 4. The Labute approximate surface area is 158 Å². The Morgan fingerprint density at radius 2 is 1.93 bits per heavy atom. The third kappa shape index (κ3) is 3.43. The molecule has 8 heteroatoms. The Balaban J connectivity index is 1.54. The number of benzene rings is 2. The summed E-state index contributed by atoms with van der Waals surface area (Å²) in [7, 11) is 0. The quantitative estimate of drug-likeness (QED) is 0.641. The van der Waals surface area contributed by atoms with Gasteiger partial charge in [0.1, 0.15) is 11.5 Å². The summed E-state index contributed by atoms with van der Waals surface area (Å²) in [6.45, 7) is -0.0755. The largest absolute Gasteiger partial charge is 0.482 e. The lowest BCUT2D eigenvalue weighted by Crippen LogP contribution is -2.25. The van der Waals surface area contributed by atoms with E-state index in [1.165, 1.54) is 12.1 Å². The highest BCUT2D eigenvalue weighted by Gasteiger charge is 2.17. The van der Waals surface area contributed by atoms with Gasteiger partial charge in [-0.15, -0.1) is 0 Å². The fourth-order valence-corrected chi connectivity index (χ4v) is 2.78. The lowest BCUT2D eigenvalue weighted by Gasteiger charge is -2.18. The molecule has 0 fully saturated rings. The number of hydrogen-bond donors (Lipinski definition) is 3. The molecule has 0 saturated carbocycles. The molecule has 0 radical (unpaired) electrons. The lowest BCUT2D eigenvalue weighted by atomic mass is 10.1. The number of furan rings is 1. The van der Waals surface area contributed by atoms with Crippen molar-refractivity contribution in [3.05, 3.63) is 65.9 Å². The molecule has 0 spiro atoms. The Bertz CT molecular complexity index is 1100. The Hall–Kier alpha value is -4.07. The highest BCUT2D eigenvalue weighted by atomic mass is 16.5. The van der Waals surface area contributed by atoms with Gasteiger partial charge in [-0.1, -0.05) is 12.1 Å². The van der Waals surface area contributed by atoms with Crippen LogP contribution in [0.3, 0.4) is 0 Å². The highest BCUT2D eigenvalue weighted by Crippen LogP contribution is 2.31. The van der Waals surface area contributed by atoms with Crippen molar-refractivity contribution in [1.29, 1.82) is 0 Å². The number of amides is 2. The van der Waals surface area contributed by atoms with E-state index in [1.54, 1.807) is 42.5 Å². The minimum Gasteiger partial charge on any atom is -0.482 e. The van der Waals surface area contributed by atoms with Crippen molar-refractivity contribution < 1.29 is 28.6 Å². The van der Waals surface area contributed by atoms with E-state index in [0.29, 0.717) is 34.0 Å². The first-order valence-electron chi connectivity index (χ1n) is 8.31. The monoisotopic (exact) mass is 378 g/mol. The van der Waals surface area contributed by atoms with E-state index in [2.05, 4.69) is 10.6 Å². The number of anilines is 2. The van der Waals surface area contributed by atoms with E-state index in [-0.39, 0.29) is 24.2 Å². The van der Waals surface area contributed by atoms with E-state index in [4.69, 9.17) is 14.3 Å². The van der Waals surface area contributed by atoms with Gasteiger partial charge in [0.05, 0.1) is 5.69 Å². The number of fused-ring (bicyclic) bond motifs is 1. The zero-order valence-electron chi connectivity index (χ0n) is 14.4. The van der Waals surface area contributed by atoms with Crippen LogP contribution in [0, 0.1) is 0 Å². The van der Waals surface area contributed by atoms with E-state index in [9.17, 15) is 14.4 Å². The maximum absolute atomic E-state index is 12.6. The van der Waals surface area contributed by atoms with Crippen molar-refractivity contribution in [2.24, 2.45) is 0 Å². The molecule has 2 amide bonds. The third-order valence-electron chi connectivity index (χ3n) is 4.10. The molecule has 2 aromatic carbocycles. The van der Waals surface area contributed by atoms with Crippen molar-refractivity contribution in [2.45, 2.75) is 0 Å². The van der Waals surface area contributed by atoms with Crippen LogP contribution in [0.5, 0.6) is 5.75 Å². The van der Waals surface area contributed by atoms with E-state index in [1.807, 2.05) is 0 Å². The molecule has 140 valence electrons. The predicted octanol–water partition coefficient (Wildman–Crippen LogP) is 3.23. The normalized spacial score (nSPS) is 12.5. The van der Waals surface area contributed by atoms with E-state index >= 15 is 0 Å². The van der Waals surface area contributed by atoms with Gasteiger partial charge in [0.25, 0.3) is 11.8 Å². The summed E-state index contributed by atoms with van der Waals surface area (Å²) in [5.74, 6) is -1.10. The van der Waals surface area contributed by atoms with Crippen molar-refractivity contribution in [3.63, 3.8) is 0 Å². The van der Waals surface area contributed by atoms with Crippen molar-refractivity contribution >= 4 is 29.2 Å². The number of carbonyl (C=O) groups excluding carboxylic acids is 2. The first kappa shape index (κ1) is 17.3. The molecule has 1 aliphatic rings. The standard InChI is InChI=1S/C20H14N2O6/c23-18-10-27-17-9-13(4-5-14(17)22-18)21-19(24)12-3-1-2-11(8-12)15-6-7-16(28-15)20(25)26/h1-9H,10H2,(H,21,24)(H,22,23)(H,25,26). The Kier molecular flexibility index (Phi) is 4.29. The maximum atomic E-state index is 12.6. The first-order valence-corrected chi connectivity index (χ1v) is 8.31. The van der Waals surface area contributed by atoms with Crippen molar-refractivity contribution in [3.8, 4) is 17.1 Å². The maximum Gasteiger partial charge on any atom is 0.371 e. The molecule has 0 aliphatic carbocycles. The number of hydrogen-bond acceptors (Lipinski definition) is 5. The lowest BCUT2D eigenvalue weighted by molar-refractivity contribution is -0.118. The van der Waals surface area contributed by atoms with Crippen LogP contribution in [-0.2, 0) is 4.79 Å². The van der Waals surface area contributed by atoms with Crippen LogP contribution < -0.4 is 15.4 Å². The molecule has 8 nitrogen and oxygen atoms in total. The molecule has 1 aromatic heterocycles. The van der Waals surface area contributed by atoms with Crippen LogP contribution in [0.25, 0.3) is 11.3 Å². The second-order valence-corrected chi connectivity index (χ2v) is 6.05. The number of carboxylic acids is 1. The molecular weight excluding hydrogens is 364 g/mol. The van der Waals surface area contributed by atoms with Gasteiger partial charge in [-0.2, -0.15) is 0 Å². The molecule has 0 atom stereocenters. The molecule has 0 unspecified atom stereocenters. The third-order valence-corrected chi connectivity index (χ3v) is 4.10. The molecule has 28 heavy (non-hydrogen) atoms. The Morgan fingerprint density at radius 1 is 1.07 bits per heavy atom. The molecule has 0 bridgehead atoms. The molecule has 0 saturated heterocycles. The molecule has 2 heterocycles. The van der Waals surface area contributed by atoms with Gasteiger partial charge < -0.3 is 24.9 Å². The van der Waals surface area contributed by atoms with Crippen LogP contribution in [0.15, 0.2) is 59.0 Å². The number of nitrogens with one attached hydrogen (secondary N) is 2. The number of ether oxygens (including phenoxy) is 1. The minimum absolute atomic E-state index is 0.0755. The molecule has 1 aliphatic heterocycles. The van der Waals surface area contributed by atoms with E-state index in [0.717, 1.165) is 0 Å². The zero-order chi connectivity index (χ0) is 19.7. The highest BCUT2D eigenvalue weighted by molar-refractivity contribution is 6.05. The van der Waals surface area contributed by atoms with Crippen LogP contribution in [0.2, 0.25) is 0 Å². The van der Waals surface area contributed by atoms with E-state index < -0.39 is 5.97 Å². The smallest absolute Gasteiger partial charge is 0.371 e. The van der Waals surface area contributed by atoms with Crippen molar-refractivity contribution in [2.75, 3.05) is 17.2 Å². The van der Waals surface area contributed by atoms with Crippen LogP contribution >= 0.6 is 0 Å².